The fourth-order valence-electron chi connectivity index (χ4n) is 3.75. The second-order valence-electron chi connectivity index (χ2n) is 7.96. The lowest BCUT2D eigenvalue weighted by Crippen LogP contribution is -2.23. The van der Waals surface area contributed by atoms with Crippen LogP contribution in [-0.2, 0) is 4.74 Å². The quantitative estimate of drug-likeness (QED) is 0.532. The Morgan fingerprint density at radius 3 is 2.76 bits per heavy atom. The molecule has 4 rings (SSSR count). The van der Waals surface area contributed by atoms with E-state index in [0.29, 0.717) is 34.8 Å². The Morgan fingerprint density at radius 2 is 2.03 bits per heavy atom. The number of nitrogens with one attached hydrogen (secondary N) is 1. The standard InChI is InChI=1S/C25H28ClN5O2/c1-18-17-27-25(29-24(18)30(2)20-8-11-22(26)23(16-20)32-3)28-19-6-9-21(10-7-19)33-15-14-31-12-4-5-13-31/h6,8-9,11,16-17H,4-5,12-15H2,1-3H3,(H,27,28,29). The summed E-state index contributed by atoms with van der Waals surface area (Å²) in [6.07, 6.45) is 8.12. The molecule has 2 aliphatic rings. The Balaban J connectivity index is 1.45. The summed E-state index contributed by atoms with van der Waals surface area (Å²) < 4.78 is 11.1. The third-order valence-corrected chi connectivity index (χ3v) is 5.93. The van der Waals surface area contributed by atoms with Crippen molar-refractivity contribution in [2.24, 2.45) is 0 Å². The molecule has 33 heavy (non-hydrogen) atoms. The number of ether oxygens (including phenoxy) is 2. The third kappa shape index (κ3) is 5.78. The number of aromatic nitrogens is 2. The fourth-order valence-corrected chi connectivity index (χ4v) is 3.95. The number of nitrogens with zero attached hydrogens (tertiary/aromatic N) is 4. The van der Waals surface area contributed by atoms with Crippen LogP contribution in [0.25, 0.3) is 0 Å². The van der Waals surface area contributed by atoms with Crippen molar-refractivity contribution in [3.8, 4) is 5.75 Å². The molecule has 1 aliphatic carbocycles. The molecule has 0 spiro atoms. The van der Waals surface area contributed by atoms with E-state index < -0.39 is 0 Å². The first-order chi connectivity index (χ1) is 16.0. The van der Waals surface area contributed by atoms with Crippen molar-refractivity contribution in [3.63, 3.8) is 0 Å². The van der Waals surface area contributed by atoms with Crippen molar-refractivity contribution in [2.45, 2.75) is 19.8 Å². The second-order valence-corrected chi connectivity index (χ2v) is 8.37. The van der Waals surface area contributed by atoms with Crippen LogP contribution in [0, 0.1) is 6.92 Å². The number of halogens is 1. The minimum atomic E-state index is 0.468. The number of allylic oxidation sites excluding steroid dienone is 2. The van der Waals surface area contributed by atoms with Crippen LogP contribution in [0.3, 0.4) is 0 Å². The second kappa shape index (κ2) is 10.6. The molecule has 7 nitrogen and oxygen atoms in total. The molecule has 0 radical (unpaired) electrons. The lowest BCUT2D eigenvalue weighted by atomic mass is 10.2. The van der Waals surface area contributed by atoms with Gasteiger partial charge in [-0.3, -0.25) is 4.90 Å². The summed E-state index contributed by atoms with van der Waals surface area (Å²) in [5.41, 5.74) is 8.69. The lowest BCUT2D eigenvalue weighted by molar-refractivity contribution is 0.180. The largest absolute Gasteiger partial charge is 0.495 e. The zero-order valence-corrected chi connectivity index (χ0v) is 19.9. The monoisotopic (exact) mass is 465 g/mol. The highest BCUT2D eigenvalue weighted by Crippen LogP contribution is 2.32. The maximum atomic E-state index is 6.17. The fraction of sp³-hybridized carbons (Fsp3) is 0.360. The lowest BCUT2D eigenvalue weighted by Gasteiger charge is -2.21. The summed E-state index contributed by atoms with van der Waals surface area (Å²) in [6, 6.07) is 5.61. The molecule has 0 unspecified atom stereocenters. The minimum absolute atomic E-state index is 0.468. The maximum absolute atomic E-state index is 6.17. The topological polar surface area (TPSA) is 62.8 Å². The van der Waals surface area contributed by atoms with Crippen molar-refractivity contribution in [1.29, 1.82) is 0 Å². The molecule has 0 atom stereocenters. The predicted octanol–water partition coefficient (Wildman–Crippen LogP) is 4.83. The number of aryl methyl sites for hydroxylation is 1. The normalized spacial score (nSPS) is 15.3. The minimum Gasteiger partial charge on any atom is -0.495 e. The van der Waals surface area contributed by atoms with Gasteiger partial charge in [-0.15, -0.1) is 0 Å². The highest BCUT2D eigenvalue weighted by atomic mass is 35.5. The van der Waals surface area contributed by atoms with E-state index in [1.165, 1.54) is 25.9 Å². The van der Waals surface area contributed by atoms with Gasteiger partial charge in [0, 0.05) is 37.1 Å². The highest BCUT2D eigenvalue weighted by molar-refractivity contribution is 6.32. The van der Waals surface area contributed by atoms with Gasteiger partial charge in [-0.2, -0.15) is 4.98 Å². The number of hydrogen-bond donors (Lipinski definition) is 1. The van der Waals surface area contributed by atoms with E-state index in [1.54, 1.807) is 13.3 Å². The molecule has 172 valence electrons. The van der Waals surface area contributed by atoms with Crippen LogP contribution in [0.15, 0.2) is 59.5 Å². The first kappa shape index (κ1) is 23.0. The zero-order chi connectivity index (χ0) is 23.2. The Kier molecular flexibility index (Phi) is 7.38. The van der Waals surface area contributed by atoms with Crippen LogP contribution in [0.2, 0.25) is 5.02 Å². The van der Waals surface area contributed by atoms with Gasteiger partial charge < -0.3 is 19.7 Å². The van der Waals surface area contributed by atoms with Crippen molar-refractivity contribution in [1.82, 2.24) is 14.9 Å². The van der Waals surface area contributed by atoms with Gasteiger partial charge in [0.25, 0.3) is 0 Å². The first-order valence-electron chi connectivity index (χ1n) is 11.0. The summed E-state index contributed by atoms with van der Waals surface area (Å²) in [5.74, 6) is 2.53. The van der Waals surface area contributed by atoms with E-state index in [0.717, 1.165) is 23.6 Å². The summed E-state index contributed by atoms with van der Waals surface area (Å²) in [7, 11) is 3.54. The van der Waals surface area contributed by atoms with E-state index in [2.05, 4.69) is 26.7 Å². The van der Waals surface area contributed by atoms with Gasteiger partial charge in [0.1, 0.15) is 18.2 Å². The number of methoxy groups -OCH3 is 1. The molecule has 1 aromatic heterocycles. The van der Waals surface area contributed by atoms with Crippen LogP contribution in [-0.4, -0.2) is 55.3 Å². The third-order valence-electron chi connectivity index (χ3n) is 5.62. The van der Waals surface area contributed by atoms with Crippen LogP contribution >= 0.6 is 11.6 Å². The van der Waals surface area contributed by atoms with Crippen LogP contribution < -0.4 is 15.0 Å². The number of rotatable bonds is 9. The SMILES string of the molecule is COc1cc(N(C)c2nc(NC3=C=C=C(OCCN4CCCC4)C=C3)ncc2C)ccc1Cl. The molecule has 2 heterocycles. The van der Waals surface area contributed by atoms with E-state index in [9.17, 15) is 0 Å². The summed E-state index contributed by atoms with van der Waals surface area (Å²) >= 11 is 6.17. The van der Waals surface area contributed by atoms with Crippen LogP contribution in [0.1, 0.15) is 18.4 Å². The Labute approximate surface area is 199 Å². The highest BCUT2D eigenvalue weighted by Gasteiger charge is 2.14. The zero-order valence-electron chi connectivity index (χ0n) is 19.2. The van der Waals surface area contributed by atoms with Crippen LogP contribution in [0.4, 0.5) is 17.5 Å². The number of benzene rings is 1. The molecular weight excluding hydrogens is 438 g/mol. The molecule has 8 heteroatoms. The maximum Gasteiger partial charge on any atom is 0.229 e. The number of likely N-dealkylation sites (tertiary alicyclic amines) is 1. The van der Waals surface area contributed by atoms with Gasteiger partial charge in [-0.1, -0.05) is 11.6 Å². The molecule has 1 aromatic carbocycles. The molecule has 1 aliphatic heterocycles. The first-order valence-corrected chi connectivity index (χ1v) is 11.4. The Hall–Kier alpha value is -3.21. The molecule has 2 aromatic rings. The molecule has 0 amide bonds. The number of anilines is 3. The van der Waals surface area contributed by atoms with Gasteiger partial charge in [0.15, 0.2) is 5.76 Å². The van der Waals surface area contributed by atoms with E-state index >= 15 is 0 Å². The molecule has 1 N–H and O–H groups in total. The Bertz CT molecular complexity index is 1140. The van der Waals surface area contributed by atoms with Crippen LogP contribution in [0.5, 0.6) is 5.75 Å². The van der Waals surface area contributed by atoms with Crippen molar-refractivity contribution in [2.75, 3.05) is 50.6 Å². The average molecular weight is 466 g/mol. The molecular formula is C25H28ClN5O2. The average Bonchev–Trinajstić information content (AvgIpc) is 3.35. The van der Waals surface area contributed by atoms with Crippen molar-refractivity contribution in [3.05, 3.63) is 70.1 Å². The number of hydrogen-bond acceptors (Lipinski definition) is 7. The molecule has 0 saturated carbocycles. The van der Waals surface area contributed by atoms with E-state index in [-0.39, 0.29) is 0 Å². The Morgan fingerprint density at radius 1 is 1.21 bits per heavy atom. The summed E-state index contributed by atoms with van der Waals surface area (Å²) in [6.45, 7) is 5.91. The molecule has 1 saturated heterocycles. The molecule has 0 bridgehead atoms. The summed E-state index contributed by atoms with van der Waals surface area (Å²) in [4.78, 5) is 13.5. The van der Waals surface area contributed by atoms with Gasteiger partial charge in [0.2, 0.25) is 5.95 Å². The van der Waals surface area contributed by atoms with E-state index in [1.807, 2.05) is 49.2 Å². The summed E-state index contributed by atoms with van der Waals surface area (Å²) in [5, 5.41) is 3.75. The van der Waals surface area contributed by atoms with Gasteiger partial charge in [-0.25, -0.2) is 4.98 Å². The molecule has 1 fully saturated rings. The van der Waals surface area contributed by atoms with Crippen molar-refractivity contribution >= 4 is 29.1 Å². The van der Waals surface area contributed by atoms with E-state index in [4.69, 9.17) is 26.1 Å². The van der Waals surface area contributed by atoms with Crippen molar-refractivity contribution < 1.29 is 9.47 Å². The van der Waals surface area contributed by atoms with Gasteiger partial charge in [0.05, 0.1) is 17.8 Å². The van der Waals surface area contributed by atoms with Gasteiger partial charge >= 0.3 is 0 Å². The van der Waals surface area contributed by atoms with Gasteiger partial charge in [-0.05, 0) is 68.6 Å². The smallest absolute Gasteiger partial charge is 0.229 e. The predicted molar refractivity (Wildman–Crippen MR) is 131 cm³/mol.